The summed E-state index contributed by atoms with van der Waals surface area (Å²) in [6.07, 6.45) is 0. The minimum absolute atomic E-state index is 0.0336. The molecular weight excluding hydrogens is 104 g/mol. The van der Waals surface area contributed by atoms with E-state index in [1.807, 2.05) is 0 Å². The molecule has 0 bridgehead atoms. The van der Waals surface area contributed by atoms with E-state index in [2.05, 4.69) is 0 Å². The van der Waals surface area contributed by atoms with Gasteiger partial charge in [0.25, 0.3) is 0 Å². The molecule has 8 heavy (non-hydrogen) atoms. The molecule has 0 aromatic carbocycles. The van der Waals surface area contributed by atoms with Crippen molar-refractivity contribution < 1.29 is 10.2 Å². The van der Waals surface area contributed by atoms with Gasteiger partial charge in [0.2, 0.25) is 0 Å². The van der Waals surface area contributed by atoms with Gasteiger partial charge in [-0.1, -0.05) is 6.92 Å². The molecule has 0 rings (SSSR count). The summed E-state index contributed by atoms with van der Waals surface area (Å²) in [6, 6.07) is 0. The van der Waals surface area contributed by atoms with E-state index in [4.69, 9.17) is 17.1 Å². The summed E-state index contributed by atoms with van der Waals surface area (Å²) in [6.45, 7) is 7.03. The van der Waals surface area contributed by atoms with Crippen LogP contribution in [-0.2, 0) is 0 Å². The van der Waals surface area contributed by atoms with Crippen LogP contribution in [0, 0.1) is 18.8 Å². The summed E-state index contributed by atoms with van der Waals surface area (Å²) in [5.41, 5.74) is 0. The minimum atomic E-state index is -0.157. The van der Waals surface area contributed by atoms with E-state index in [0.29, 0.717) is 0 Å². The second-order valence-electron chi connectivity index (χ2n) is 1.98. The van der Waals surface area contributed by atoms with Crippen LogP contribution in [0.5, 0.6) is 0 Å². The van der Waals surface area contributed by atoms with Gasteiger partial charge in [-0.2, -0.15) is 0 Å². The molecule has 0 aliphatic heterocycles. The molecule has 0 fully saturated rings. The average molecular weight is 116 g/mol. The minimum Gasteiger partial charge on any atom is -0.396 e. The Morgan fingerprint density at radius 2 is 1.75 bits per heavy atom. The molecule has 0 aliphatic rings. The van der Waals surface area contributed by atoms with Crippen LogP contribution in [0.1, 0.15) is 6.92 Å². The number of rotatable bonds is 3. The SMILES string of the molecule is [CH]C(C)C(CO)CO. The molecule has 48 valence electrons. The molecule has 1 unspecified atom stereocenters. The van der Waals surface area contributed by atoms with Gasteiger partial charge >= 0.3 is 0 Å². The molecule has 1 atom stereocenters. The molecule has 2 N–H and O–H groups in total. The molecule has 0 aliphatic carbocycles. The van der Waals surface area contributed by atoms with E-state index < -0.39 is 0 Å². The summed E-state index contributed by atoms with van der Waals surface area (Å²) < 4.78 is 0. The van der Waals surface area contributed by atoms with Crippen molar-refractivity contribution in [2.24, 2.45) is 11.8 Å². The van der Waals surface area contributed by atoms with Crippen molar-refractivity contribution >= 4 is 0 Å². The molecule has 2 radical (unpaired) electrons. The van der Waals surface area contributed by atoms with Crippen molar-refractivity contribution in [2.75, 3.05) is 13.2 Å². The van der Waals surface area contributed by atoms with Crippen molar-refractivity contribution in [3.63, 3.8) is 0 Å². The van der Waals surface area contributed by atoms with Crippen LogP contribution < -0.4 is 0 Å². The highest BCUT2D eigenvalue weighted by Gasteiger charge is 2.09. The molecule has 0 saturated heterocycles. The fourth-order valence-electron chi connectivity index (χ4n) is 0.390. The van der Waals surface area contributed by atoms with Crippen LogP contribution in [0.25, 0.3) is 0 Å². The third-order valence-corrected chi connectivity index (χ3v) is 1.21. The third kappa shape index (κ3) is 2.28. The first-order chi connectivity index (χ1) is 3.72. The molecular formula is C6H12O2. The van der Waals surface area contributed by atoms with Gasteiger partial charge in [0.15, 0.2) is 0 Å². The number of aliphatic hydroxyl groups is 2. The van der Waals surface area contributed by atoms with Gasteiger partial charge in [-0.25, -0.2) is 0 Å². The molecule has 2 heteroatoms. The van der Waals surface area contributed by atoms with Crippen LogP contribution in [0.15, 0.2) is 0 Å². The molecule has 0 heterocycles. The summed E-state index contributed by atoms with van der Waals surface area (Å²) in [7, 11) is 0. The summed E-state index contributed by atoms with van der Waals surface area (Å²) in [4.78, 5) is 0. The number of hydrogen-bond acceptors (Lipinski definition) is 2. The van der Waals surface area contributed by atoms with Gasteiger partial charge in [0, 0.05) is 19.1 Å². The van der Waals surface area contributed by atoms with Crippen molar-refractivity contribution in [2.45, 2.75) is 6.92 Å². The van der Waals surface area contributed by atoms with Gasteiger partial charge in [-0.05, 0) is 12.8 Å². The van der Waals surface area contributed by atoms with Gasteiger partial charge in [-0.15, -0.1) is 0 Å². The first-order valence-electron chi connectivity index (χ1n) is 2.69. The number of hydrogen-bond donors (Lipinski definition) is 2. The van der Waals surface area contributed by atoms with E-state index in [0.717, 1.165) is 0 Å². The second-order valence-corrected chi connectivity index (χ2v) is 1.98. The standard InChI is InChI=1S/C6H12O2/c1-5(2)6(3-7)4-8/h1,5-8H,3-4H2,2H3. The lowest BCUT2D eigenvalue weighted by atomic mass is 9.98. The van der Waals surface area contributed by atoms with Crippen molar-refractivity contribution in [1.82, 2.24) is 0 Å². The largest absolute Gasteiger partial charge is 0.396 e. The van der Waals surface area contributed by atoms with Crippen LogP contribution >= 0.6 is 0 Å². The van der Waals surface area contributed by atoms with Gasteiger partial charge in [0.05, 0.1) is 0 Å². The molecule has 0 aromatic rings. The normalized spacial score (nSPS) is 11.2. The second kappa shape index (κ2) is 3.87. The molecule has 0 aromatic heterocycles. The summed E-state index contributed by atoms with van der Waals surface area (Å²) >= 11 is 0. The maximum absolute atomic E-state index is 8.46. The summed E-state index contributed by atoms with van der Waals surface area (Å²) in [5, 5.41) is 16.9. The van der Waals surface area contributed by atoms with Crippen LogP contribution in [0.2, 0.25) is 0 Å². The Morgan fingerprint density at radius 3 is 1.75 bits per heavy atom. The van der Waals surface area contributed by atoms with E-state index in [1.165, 1.54) is 0 Å². The number of aliphatic hydroxyl groups excluding tert-OH is 2. The highest BCUT2D eigenvalue weighted by Crippen LogP contribution is 2.06. The van der Waals surface area contributed by atoms with Crippen LogP contribution in [0.4, 0.5) is 0 Å². The first-order valence-corrected chi connectivity index (χ1v) is 2.69. The average Bonchev–Trinajstić information content (AvgIpc) is 1.69. The first kappa shape index (κ1) is 7.92. The maximum Gasteiger partial charge on any atom is 0.0483 e. The Morgan fingerprint density at radius 1 is 1.38 bits per heavy atom. The molecule has 0 spiro atoms. The van der Waals surface area contributed by atoms with Crippen molar-refractivity contribution in [1.29, 1.82) is 0 Å². The molecule has 0 amide bonds. The summed E-state index contributed by atoms with van der Waals surface area (Å²) in [5.74, 6) is -0.278. The third-order valence-electron chi connectivity index (χ3n) is 1.21. The predicted molar refractivity (Wildman–Crippen MR) is 31.1 cm³/mol. The topological polar surface area (TPSA) is 40.5 Å². The van der Waals surface area contributed by atoms with Crippen LogP contribution in [0.3, 0.4) is 0 Å². The van der Waals surface area contributed by atoms with E-state index in [-0.39, 0.29) is 25.0 Å². The zero-order chi connectivity index (χ0) is 6.57. The van der Waals surface area contributed by atoms with E-state index in [1.54, 1.807) is 6.92 Å². The Bertz CT molecular complexity index is 48.5. The Labute approximate surface area is 50.2 Å². The lowest BCUT2D eigenvalue weighted by Gasteiger charge is -2.13. The fraction of sp³-hybridized carbons (Fsp3) is 0.833. The fourth-order valence-corrected chi connectivity index (χ4v) is 0.390. The monoisotopic (exact) mass is 116 g/mol. The lowest BCUT2D eigenvalue weighted by Crippen LogP contribution is -2.17. The Kier molecular flexibility index (Phi) is 3.83. The van der Waals surface area contributed by atoms with Gasteiger partial charge in [-0.3, -0.25) is 0 Å². The Balaban J connectivity index is 3.35. The van der Waals surface area contributed by atoms with Crippen LogP contribution in [-0.4, -0.2) is 23.4 Å². The van der Waals surface area contributed by atoms with Crippen molar-refractivity contribution in [3.05, 3.63) is 6.92 Å². The molecule has 2 nitrogen and oxygen atoms in total. The Hall–Kier alpha value is -0.0800. The van der Waals surface area contributed by atoms with E-state index in [9.17, 15) is 0 Å². The smallest absolute Gasteiger partial charge is 0.0483 e. The van der Waals surface area contributed by atoms with Gasteiger partial charge < -0.3 is 10.2 Å². The van der Waals surface area contributed by atoms with Crippen molar-refractivity contribution in [3.8, 4) is 0 Å². The lowest BCUT2D eigenvalue weighted by molar-refractivity contribution is 0.126. The maximum atomic E-state index is 8.46. The quantitative estimate of drug-likeness (QED) is 0.542. The predicted octanol–water partition coefficient (Wildman–Crippen LogP) is -0.0656. The zero-order valence-corrected chi connectivity index (χ0v) is 5.04. The highest BCUT2D eigenvalue weighted by molar-refractivity contribution is 4.64. The van der Waals surface area contributed by atoms with Gasteiger partial charge in [0.1, 0.15) is 0 Å². The zero-order valence-electron chi connectivity index (χ0n) is 5.04. The van der Waals surface area contributed by atoms with E-state index >= 15 is 0 Å². The highest BCUT2D eigenvalue weighted by atomic mass is 16.3. The molecule has 0 saturated carbocycles.